The molecule has 0 heterocycles. The van der Waals surface area contributed by atoms with Crippen LogP contribution in [0.15, 0.2) is 36.4 Å². The summed E-state index contributed by atoms with van der Waals surface area (Å²) in [5, 5.41) is 13.8. The van der Waals surface area contributed by atoms with Gasteiger partial charge in [0.05, 0.1) is 30.4 Å². The lowest BCUT2D eigenvalue weighted by molar-refractivity contribution is -0.385. The number of hydrogen-bond acceptors (Lipinski definition) is 6. The van der Waals surface area contributed by atoms with Gasteiger partial charge in [-0.2, -0.15) is 0 Å². The van der Waals surface area contributed by atoms with E-state index in [9.17, 15) is 19.7 Å². The van der Waals surface area contributed by atoms with Gasteiger partial charge in [-0.1, -0.05) is 12.1 Å². The highest BCUT2D eigenvalue weighted by Crippen LogP contribution is 2.27. The van der Waals surface area contributed by atoms with Gasteiger partial charge in [0.15, 0.2) is 0 Å². The van der Waals surface area contributed by atoms with E-state index in [1.165, 1.54) is 32.4 Å². The largest absolute Gasteiger partial charge is 0.497 e. The number of nitrogens with zero attached hydrogens (tertiary/aromatic N) is 1. The first-order valence-electron chi connectivity index (χ1n) is 7.20. The van der Waals surface area contributed by atoms with Gasteiger partial charge in [0.1, 0.15) is 11.3 Å². The first-order valence-corrected chi connectivity index (χ1v) is 7.20. The van der Waals surface area contributed by atoms with Crippen LogP contribution in [0.3, 0.4) is 0 Å². The standard InChI is InChI=1S/C17H16N2O6/c1-10-5-4-6-12(15(10)19(22)23)16(20)18-14-8-7-11(24-2)9-13(14)17(21)25-3/h4-9H,1-3H3,(H,18,20). The number of carbonyl (C=O) groups excluding carboxylic acids is 2. The number of para-hydroxylation sites is 1. The molecule has 0 atom stereocenters. The van der Waals surface area contributed by atoms with Crippen LogP contribution in [0, 0.1) is 17.0 Å². The highest BCUT2D eigenvalue weighted by molar-refractivity contribution is 6.10. The number of nitro groups is 1. The Bertz CT molecular complexity index is 847. The average Bonchev–Trinajstić information content (AvgIpc) is 2.60. The van der Waals surface area contributed by atoms with E-state index < -0.39 is 16.8 Å². The van der Waals surface area contributed by atoms with E-state index in [0.29, 0.717) is 11.3 Å². The van der Waals surface area contributed by atoms with Crippen LogP contribution in [0.5, 0.6) is 5.75 Å². The molecule has 2 aromatic carbocycles. The van der Waals surface area contributed by atoms with Crippen molar-refractivity contribution in [3.63, 3.8) is 0 Å². The molecule has 0 aliphatic carbocycles. The van der Waals surface area contributed by atoms with Gasteiger partial charge in [-0.15, -0.1) is 0 Å². The topological polar surface area (TPSA) is 108 Å². The molecular formula is C17H16N2O6. The normalized spacial score (nSPS) is 10.0. The second-order valence-corrected chi connectivity index (χ2v) is 5.09. The molecule has 2 aromatic rings. The molecule has 130 valence electrons. The van der Waals surface area contributed by atoms with E-state index in [4.69, 9.17) is 9.47 Å². The summed E-state index contributed by atoms with van der Waals surface area (Å²) in [5.41, 5.74) is 0.212. The Balaban J connectivity index is 2.44. The van der Waals surface area contributed by atoms with Crippen LogP contribution in [-0.4, -0.2) is 31.0 Å². The van der Waals surface area contributed by atoms with Crippen LogP contribution in [-0.2, 0) is 4.74 Å². The number of aryl methyl sites for hydroxylation is 1. The minimum Gasteiger partial charge on any atom is -0.497 e. The van der Waals surface area contributed by atoms with Crippen LogP contribution >= 0.6 is 0 Å². The van der Waals surface area contributed by atoms with Gasteiger partial charge in [-0.25, -0.2) is 4.79 Å². The predicted octanol–water partition coefficient (Wildman–Crippen LogP) is 2.95. The molecule has 0 radical (unpaired) electrons. The van der Waals surface area contributed by atoms with Crippen LogP contribution in [0.2, 0.25) is 0 Å². The number of esters is 1. The number of ether oxygens (including phenoxy) is 2. The number of carbonyl (C=O) groups is 2. The summed E-state index contributed by atoms with van der Waals surface area (Å²) in [4.78, 5) is 35.1. The molecule has 0 aromatic heterocycles. The predicted molar refractivity (Wildman–Crippen MR) is 90.1 cm³/mol. The van der Waals surface area contributed by atoms with Crippen LogP contribution in [0.1, 0.15) is 26.3 Å². The lowest BCUT2D eigenvalue weighted by Gasteiger charge is -2.12. The molecule has 0 saturated carbocycles. The number of hydrogen-bond donors (Lipinski definition) is 1. The summed E-state index contributed by atoms with van der Waals surface area (Å²) in [6, 6.07) is 8.86. The quantitative estimate of drug-likeness (QED) is 0.507. The number of amides is 1. The fourth-order valence-corrected chi connectivity index (χ4v) is 2.31. The van der Waals surface area contributed by atoms with Gasteiger partial charge in [0.2, 0.25) is 0 Å². The van der Waals surface area contributed by atoms with Gasteiger partial charge in [0, 0.05) is 5.56 Å². The van der Waals surface area contributed by atoms with Gasteiger partial charge in [-0.3, -0.25) is 14.9 Å². The van der Waals surface area contributed by atoms with Crippen molar-refractivity contribution in [2.45, 2.75) is 6.92 Å². The van der Waals surface area contributed by atoms with Crippen molar-refractivity contribution in [1.82, 2.24) is 0 Å². The Morgan fingerprint density at radius 3 is 2.44 bits per heavy atom. The summed E-state index contributed by atoms with van der Waals surface area (Å²) in [6.45, 7) is 1.54. The Labute approximate surface area is 143 Å². The zero-order valence-electron chi connectivity index (χ0n) is 13.9. The molecule has 8 heteroatoms. The number of rotatable bonds is 5. The van der Waals surface area contributed by atoms with E-state index in [1.54, 1.807) is 25.1 Å². The van der Waals surface area contributed by atoms with Crippen LogP contribution < -0.4 is 10.1 Å². The minimum absolute atomic E-state index is 0.0745. The van der Waals surface area contributed by atoms with E-state index in [1.807, 2.05) is 0 Å². The molecule has 0 saturated heterocycles. The molecule has 1 amide bonds. The molecule has 25 heavy (non-hydrogen) atoms. The maximum Gasteiger partial charge on any atom is 0.340 e. The number of nitro benzene ring substituents is 1. The highest BCUT2D eigenvalue weighted by Gasteiger charge is 2.24. The van der Waals surface area contributed by atoms with Crippen molar-refractivity contribution in [3.8, 4) is 5.75 Å². The van der Waals surface area contributed by atoms with Crippen molar-refractivity contribution in [3.05, 3.63) is 63.2 Å². The fourth-order valence-electron chi connectivity index (χ4n) is 2.31. The van der Waals surface area contributed by atoms with Crippen molar-refractivity contribution < 1.29 is 24.0 Å². The molecule has 0 aliphatic rings. The van der Waals surface area contributed by atoms with E-state index >= 15 is 0 Å². The summed E-state index contributed by atoms with van der Waals surface area (Å²) >= 11 is 0. The summed E-state index contributed by atoms with van der Waals surface area (Å²) in [6.07, 6.45) is 0. The third kappa shape index (κ3) is 3.74. The summed E-state index contributed by atoms with van der Waals surface area (Å²) in [5.74, 6) is -0.974. The second-order valence-electron chi connectivity index (χ2n) is 5.09. The van der Waals surface area contributed by atoms with Gasteiger partial charge >= 0.3 is 5.97 Å². The zero-order valence-corrected chi connectivity index (χ0v) is 13.9. The molecule has 0 aliphatic heterocycles. The zero-order chi connectivity index (χ0) is 18.6. The highest BCUT2D eigenvalue weighted by atomic mass is 16.6. The number of methoxy groups -OCH3 is 2. The molecular weight excluding hydrogens is 328 g/mol. The molecule has 0 unspecified atom stereocenters. The Morgan fingerprint density at radius 2 is 1.84 bits per heavy atom. The Kier molecular flexibility index (Phi) is 5.33. The van der Waals surface area contributed by atoms with Crippen molar-refractivity contribution >= 4 is 23.3 Å². The van der Waals surface area contributed by atoms with E-state index in [2.05, 4.69) is 5.32 Å². The first kappa shape index (κ1) is 17.9. The van der Waals surface area contributed by atoms with E-state index in [0.717, 1.165) is 0 Å². The summed E-state index contributed by atoms with van der Waals surface area (Å²) < 4.78 is 9.74. The van der Waals surface area contributed by atoms with E-state index in [-0.39, 0.29) is 22.5 Å². The Hall–Kier alpha value is -3.42. The van der Waals surface area contributed by atoms with Gasteiger partial charge < -0.3 is 14.8 Å². The molecule has 1 N–H and O–H groups in total. The SMILES string of the molecule is COC(=O)c1cc(OC)ccc1NC(=O)c1cccc(C)c1[N+](=O)[O-]. The van der Waals surface area contributed by atoms with Crippen molar-refractivity contribution in [2.24, 2.45) is 0 Å². The number of benzene rings is 2. The fraction of sp³-hybridized carbons (Fsp3) is 0.176. The van der Waals surface area contributed by atoms with Crippen molar-refractivity contribution in [2.75, 3.05) is 19.5 Å². The van der Waals surface area contributed by atoms with Crippen molar-refractivity contribution in [1.29, 1.82) is 0 Å². The maximum absolute atomic E-state index is 12.5. The third-order valence-corrected chi connectivity index (χ3v) is 3.55. The minimum atomic E-state index is -0.703. The van der Waals surface area contributed by atoms with Gasteiger partial charge in [0.25, 0.3) is 11.6 Å². The van der Waals surface area contributed by atoms with Gasteiger partial charge in [-0.05, 0) is 31.2 Å². The molecule has 0 fully saturated rings. The monoisotopic (exact) mass is 344 g/mol. The Morgan fingerprint density at radius 1 is 1.12 bits per heavy atom. The number of nitrogens with one attached hydrogen (secondary N) is 1. The smallest absolute Gasteiger partial charge is 0.340 e. The molecule has 0 spiro atoms. The average molecular weight is 344 g/mol. The lowest BCUT2D eigenvalue weighted by atomic mass is 10.1. The third-order valence-electron chi connectivity index (χ3n) is 3.55. The molecule has 2 rings (SSSR count). The maximum atomic E-state index is 12.5. The summed E-state index contributed by atoms with van der Waals surface area (Å²) in [7, 11) is 2.64. The van der Waals surface area contributed by atoms with Crippen LogP contribution in [0.25, 0.3) is 0 Å². The number of anilines is 1. The first-order chi connectivity index (χ1) is 11.9. The molecule has 0 bridgehead atoms. The van der Waals surface area contributed by atoms with Crippen LogP contribution in [0.4, 0.5) is 11.4 Å². The lowest BCUT2D eigenvalue weighted by Crippen LogP contribution is -2.17. The molecule has 8 nitrogen and oxygen atoms in total. The second kappa shape index (κ2) is 7.43.